The van der Waals surface area contributed by atoms with Crippen LogP contribution < -0.4 is 10.1 Å². The van der Waals surface area contributed by atoms with E-state index in [0.29, 0.717) is 16.0 Å². The van der Waals surface area contributed by atoms with E-state index in [1.165, 1.54) is 6.42 Å². The molecule has 1 heterocycles. The molecule has 1 N–H and O–H groups in total. The number of hydrogen-bond acceptors (Lipinski definition) is 2. The SMILES string of the molecule is CC[C@@H](Oc1ccc(Cl)c(Cl)c1)C1CCNC1. The normalized spacial score (nSPS) is 21.5. The molecule has 0 aliphatic carbocycles. The summed E-state index contributed by atoms with van der Waals surface area (Å²) >= 11 is 11.9. The highest BCUT2D eigenvalue weighted by Crippen LogP contribution is 2.29. The van der Waals surface area contributed by atoms with Crippen molar-refractivity contribution in [2.45, 2.75) is 25.9 Å². The largest absolute Gasteiger partial charge is 0.490 e. The van der Waals surface area contributed by atoms with E-state index in [1.807, 2.05) is 6.07 Å². The van der Waals surface area contributed by atoms with E-state index < -0.39 is 0 Å². The van der Waals surface area contributed by atoms with E-state index >= 15 is 0 Å². The number of halogens is 2. The molecule has 0 aromatic heterocycles. The maximum absolute atomic E-state index is 6.00. The Balaban J connectivity index is 2.04. The highest BCUT2D eigenvalue weighted by molar-refractivity contribution is 6.42. The van der Waals surface area contributed by atoms with Crippen LogP contribution >= 0.6 is 23.2 Å². The van der Waals surface area contributed by atoms with Crippen molar-refractivity contribution in [1.29, 1.82) is 0 Å². The van der Waals surface area contributed by atoms with Crippen LogP contribution in [0, 0.1) is 5.92 Å². The predicted molar refractivity (Wildman–Crippen MR) is 72.1 cm³/mol. The van der Waals surface area contributed by atoms with Gasteiger partial charge in [0.25, 0.3) is 0 Å². The highest BCUT2D eigenvalue weighted by atomic mass is 35.5. The third kappa shape index (κ3) is 3.27. The molecule has 17 heavy (non-hydrogen) atoms. The van der Waals surface area contributed by atoms with Gasteiger partial charge in [-0.05, 0) is 31.5 Å². The molecular weight excluding hydrogens is 257 g/mol. The van der Waals surface area contributed by atoms with Gasteiger partial charge < -0.3 is 10.1 Å². The van der Waals surface area contributed by atoms with E-state index in [-0.39, 0.29) is 6.10 Å². The lowest BCUT2D eigenvalue weighted by Gasteiger charge is -2.23. The summed E-state index contributed by atoms with van der Waals surface area (Å²) in [6, 6.07) is 5.44. The summed E-state index contributed by atoms with van der Waals surface area (Å²) in [4.78, 5) is 0. The molecule has 0 bridgehead atoms. The molecule has 0 radical (unpaired) electrons. The molecular formula is C13H17Cl2NO. The van der Waals surface area contributed by atoms with Crippen LogP contribution in [0.1, 0.15) is 19.8 Å². The smallest absolute Gasteiger partial charge is 0.121 e. The number of hydrogen-bond donors (Lipinski definition) is 1. The molecule has 94 valence electrons. The van der Waals surface area contributed by atoms with Crippen LogP contribution in [0.4, 0.5) is 0 Å². The molecule has 2 nitrogen and oxygen atoms in total. The molecule has 1 unspecified atom stereocenters. The van der Waals surface area contributed by atoms with Gasteiger partial charge in [0.2, 0.25) is 0 Å². The molecule has 1 aromatic carbocycles. The van der Waals surface area contributed by atoms with Crippen molar-refractivity contribution >= 4 is 23.2 Å². The third-order valence-corrected chi connectivity index (χ3v) is 3.94. The van der Waals surface area contributed by atoms with E-state index in [4.69, 9.17) is 27.9 Å². The zero-order valence-electron chi connectivity index (χ0n) is 9.88. The minimum absolute atomic E-state index is 0.252. The topological polar surface area (TPSA) is 21.3 Å². The lowest BCUT2D eigenvalue weighted by atomic mass is 9.99. The highest BCUT2D eigenvalue weighted by Gasteiger charge is 2.25. The van der Waals surface area contributed by atoms with E-state index in [1.54, 1.807) is 12.1 Å². The van der Waals surface area contributed by atoms with Crippen molar-refractivity contribution in [2.75, 3.05) is 13.1 Å². The summed E-state index contributed by atoms with van der Waals surface area (Å²) in [5.41, 5.74) is 0. The molecule has 1 saturated heterocycles. The average Bonchev–Trinajstić information content (AvgIpc) is 2.84. The molecule has 0 spiro atoms. The Morgan fingerprint density at radius 1 is 1.41 bits per heavy atom. The van der Waals surface area contributed by atoms with Crippen molar-refractivity contribution in [3.63, 3.8) is 0 Å². The van der Waals surface area contributed by atoms with Crippen LogP contribution in [-0.2, 0) is 0 Å². The Kier molecular flexibility index (Phi) is 4.55. The number of benzene rings is 1. The van der Waals surface area contributed by atoms with Crippen LogP contribution in [-0.4, -0.2) is 19.2 Å². The van der Waals surface area contributed by atoms with Crippen molar-refractivity contribution in [1.82, 2.24) is 5.32 Å². The minimum atomic E-state index is 0.252. The molecule has 2 rings (SSSR count). The maximum atomic E-state index is 6.00. The van der Waals surface area contributed by atoms with Crippen LogP contribution in [0.2, 0.25) is 10.0 Å². The van der Waals surface area contributed by atoms with Crippen LogP contribution in [0.15, 0.2) is 18.2 Å². The van der Waals surface area contributed by atoms with Crippen LogP contribution in [0.3, 0.4) is 0 Å². The lowest BCUT2D eigenvalue weighted by molar-refractivity contribution is 0.138. The summed E-state index contributed by atoms with van der Waals surface area (Å²) < 4.78 is 6.00. The van der Waals surface area contributed by atoms with Gasteiger partial charge in [0, 0.05) is 18.5 Å². The molecule has 1 aliphatic heterocycles. The van der Waals surface area contributed by atoms with Gasteiger partial charge in [-0.25, -0.2) is 0 Å². The van der Waals surface area contributed by atoms with E-state index in [0.717, 1.165) is 25.3 Å². The first-order chi connectivity index (χ1) is 8.20. The Labute approximate surface area is 112 Å². The second-order valence-corrected chi connectivity index (χ2v) is 5.21. The quantitative estimate of drug-likeness (QED) is 0.902. The fourth-order valence-electron chi connectivity index (χ4n) is 2.23. The first-order valence-electron chi connectivity index (χ1n) is 6.03. The van der Waals surface area contributed by atoms with E-state index in [2.05, 4.69) is 12.2 Å². The number of rotatable bonds is 4. The second kappa shape index (κ2) is 5.94. The van der Waals surface area contributed by atoms with Crippen molar-refractivity contribution < 1.29 is 4.74 Å². The van der Waals surface area contributed by atoms with Gasteiger partial charge in [0.1, 0.15) is 11.9 Å². The zero-order chi connectivity index (χ0) is 12.3. The summed E-state index contributed by atoms with van der Waals surface area (Å²) in [6.45, 7) is 4.28. The Morgan fingerprint density at radius 2 is 2.24 bits per heavy atom. The Hall–Kier alpha value is -0.440. The van der Waals surface area contributed by atoms with Crippen molar-refractivity contribution in [2.24, 2.45) is 5.92 Å². The Bertz CT molecular complexity index is 378. The first-order valence-corrected chi connectivity index (χ1v) is 6.78. The van der Waals surface area contributed by atoms with Gasteiger partial charge in [-0.2, -0.15) is 0 Å². The monoisotopic (exact) mass is 273 g/mol. The number of ether oxygens (including phenoxy) is 1. The molecule has 0 saturated carbocycles. The van der Waals surface area contributed by atoms with Crippen LogP contribution in [0.25, 0.3) is 0 Å². The predicted octanol–water partition coefficient (Wildman–Crippen LogP) is 3.76. The molecule has 1 fully saturated rings. The molecule has 2 atom stereocenters. The fraction of sp³-hybridized carbons (Fsp3) is 0.538. The van der Waals surface area contributed by atoms with Crippen molar-refractivity contribution in [3.05, 3.63) is 28.2 Å². The fourth-order valence-corrected chi connectivity index (χ4v) is 2.52. The van der Waals surface area contributed by atoms with Gasteiger partial charge in [-0.3, -0.25) is 0 Å². The Morgan fingerprint density at radius 3 is 2.82 bits per heavy atom. The number of nitrogens with one attached hydrogen (secondary N) is 1. The van der Waals surface area contributed by atoms with E-state index in [9.17, 15) is 0 Å². The summed E-state index contributed by atoms with van der Waals surface area (Å²) in [6.07, 6.45) is 2.44. The second-order valence-electron chi connectivity index (χ2n) is 4.39. The minimum Gasteiger partial charge on any atom is -0.490 e. The molecule has 1 aliphatic rings. The standard InChI is InChI=1S/C13H17Cl2NO/c1-2-13(9-5-6-16-8-9)17-10-3-4-11(14)12(15)7-10/h3-4,7,9,13,16H,2,5-6,8H2,1H3/t9?,13-/m1/s1. The lowest BCUT2D eigenvalue weighted by Crippen LogP contribution is -2.28. The zero-order valence-corrected chi connectivity index (χ0v) is 11.4. The molecule has 0 amide bonds. The first kappa shape index (κ1) is 13.0. The maximum Gasteiger partial charge on any atom is 0.121 e. The molecule has 4 heteroatoms. The van der Waals surface area contributed by atoms with Gasteiger partial charge in [0.05, 0.1) is 10.0 Å². The third-order valence-electron chi connectivity index (χ3n) is 3.21. The summed E-state index contributed by atoms with van der Waals surface area (Å²) in [7, 11) is 0. The van der Waals surface area contributed by atoms with Gasteiger partial charge in [-0.1, -0.05) is 30.1 Å². The summed E-state index contributed by atoms with van der Waals surface area (Å²) in [5, 5.41) is 4.48. The summed E-state index contributed by atoms with van der Waals surface area (Å²) in [5.74, 6) is 1.40. The molecule has 1 aromatic rings. The van der Waals surface area contributed by atoms with Gasteiger partial charge in [0.15, 0.2) is 0 Å². The van der Waals surface area contributed by atoms with Crippen molar-refractivity contribution in [3.8, 4) is 5.75 Å². The van der Waals surface area contributed by atoms with Gasteiger partial charge >= 0.3 is 0 Å². The van der Waals surface area contributed by atoms with Gasteiger partial charge in [-0.15, -0.1) is 0 Å². The average molecular weight is 274 g/mol. The van der Waals surface area contributed by atoms with Crippen LogP contribution in [0.5, 0.6) is 5.75 Å².